The first-order valence-electron chi connectivity index (χ1n) is 10.4. The van der Waals surface area contributed by atoms with Crippen molar-refractivity contribution in [1.82, 2.24) is 25.7 Å². The van der Waals surface area contributed by atoms with Crippen molar-refractivity contribution in [1.29, 1.82) is 0 Å². The molecule has 0 aliphatic carbocycles. The number of hydrogen-bond acceptors (Lipinski definition) is 6. The van der Waals surface area contributed by atoms with E-state index in [1.54, 1.807) is 19.0 Å². The lowest BCUT2D eigenvalue weighted by molar-refractivity contribution is 0.0285. The maximum absolute atomic E-state index is 12.1. The summed E-state index contributed by atoms with van der Waals surface area (Å²) in [6.45, 7) is 9.27. The van der Waals surface area contributed by atoms with Gasteiger partial charge < -0.3 is 24.8 Å². The van der Waals surface area contributed by atoms with E-state index in [1.165, 1.54) is 0 Å². The molecule has 0 radical (unpaired) electrons. The van der Waals surface area contributed by atoms with Gasteiger partial charge in [-0.05, 0) is 45.2 Å². The van der Waals surface area contributed by atoms with Crippen LogP contribution in [0.15, 0.2) is 33.8 Å². The molecular formula is C22H35IN6O3. The number of nitrogens with one attached hydrogen (secondary N) is 2. The zero-order valence-electron chi connectivity index (χ0n) is 19.8. The van der Waals surface area contributed by atoms with Crippen molar-refractivity contribution in [3.05, 3.63) is 47.1 Å². The van der Waals surface area contributed by atoms with Crippen LogP contribution in [0.25, 0.3) is 0 Å². The van der Waals surface area contributed by atoms with E-state index in [0.717, 1.165) is 36.5 Å². The summed E-state index contributed by atoms with van der Waals surface area (Å²) in [5.41, 5.74) is 1.66. The highest BCUT2D eigenvalue weighted by Gasteiger charge is 2.19. The number of nitrogens with zero attached hydrogens (tertiary/aromatic N) is 4. The van der Waals surface area contributed by atoms with Gasteiger partial charge in [-0.15, -0.1) is 24.0 Å². The Morgan fingerprint density at radius 3 is 2.41 bits per heavy atom. The van der Waals surface area contributed by atoms with Crippen LogP contribution in [0.5, 0.6) is 0 Å². The fourth-order valence-corrected chi connectivity index (χ4v) is 2.74. The van der Waals surface area contributed by atoms with Gasteiger partial charge in [0.05, 0.1) is 0 Å². The number of ether oxygens (including phenoxy) is 1. The van der Waals surface area contributed by atoms with Gasteiger partial charge in [0.2, 0.25) is 5.89 Å². The number of carbonyl (C=O) groups is 1. The number of aliphatic imine (C=N–C) groups is 1. The number of aryl methyl sites for hydroxylation is 2. The van der Waals surface area contributed by atoms with E-state index in [1.807, 2.05) is 52.0 Å². The van der Waals surface area contributed by atoms with Crippen LogP contribution >= 0.6 is 24.0 Å². The van der Waals surface area contributed by atoms with Crippen LogP contribution in [-0.4, -0.2) is 53.3 Å². The minimum Gasteiger partial charge on any atom is -0.444 e. The number of amides is 1. The summed E-state index contributed by atoms with van der Waals surface area (Å²) in [5, 5.41) is 10.4. The summed E-state index contributed by atoms with van der Waals surface area (Å²) in [6, 6.07) is 8.10. The first-order chi connectivity index (χ1) is 14.7. The van der Waals surface area contributed by atoms with Crippen LogP contribution in [0.3, 0.4) is 0 Å². The lowest BCUT2D eigenvalue weighted by atomic mass is 10.1. The van der Waals surface area contributed by atoms with E-state index in [0.29, 0.717) is 24.8 Å². The molecule has 178 valence electrons. The molecule has 32 heavy (non-hydrogen) atoms. The smallest absolute Gasteiger partial charge is 0.410 e. The summed E-state index contributed by atoms with van der Waals surface area (Å²) >= 11 is 0. The van der Waals surface area contributed by atoms with Crippen molar-refractivity contribution >= 4 is 36.0 Å². The molecule has 0 saturated carbocycles. The molecule has 0 fully saturated rings. The molecule has 0 unspecified atom stereocenters. The second-order valence-electron chi connectivity index (χ2n) is 8.34. The zero-order valence-corrected chi connectivity index (χ0v) is 22.1. The topological polar surface area (TPSA) is 105 Å². The summed E-state index contributed by atoms with van der Waals surface area (Å²) in [6.07, 6.45) is 1.26. The van der Waals surface area contributed by atoms with Gasteiger partial charge >= 0.3 is 6.09 Å². The van der Waals surface area contributed by atoms with Crippen LogP contribution in [0.1, 0.15) is 50.0 Å². The number of aromatic nitrogens is 2. The predicted molar refractivity (Wildman–Crippen MR) is 135 cm³/mol. The van der Waals surface area contributed by atoms with Crippen molar-refractivity contribution in [3.8, 4) is 0 Å². The summed E-state index contributed by atoms with van der Waals surface area (Å²) in [7, 11) is 3.48. The molecule has 1 amide bonds. The molecule has 1 heterocycles. The maximum atomic E-state index is 12.1. The Kier molecular flexibility index (Phi) is 11.4. The van der Waals surface area contributed by atoms with Gasteiger partial charge in [0, 0.05) is 40.2 Å². The molecule has 2 N–H and O–H groups in total. The van der Waals surface area contributed by atoms with Gasteiger partial charge in [-0.3, -0.25) is 4.99 Å². The van der Waals surface area contributed by atoms with Gasteiger partial charge in [0.1, 0.15) is 5.60 Å². The quantitative estimate of drug-likeness (QED) is 0.221. The highest BCUT2D eigenvalue weighted by molar-refractivity contribution is 14.0. The van der Waals surface area contributed by atoms with Gasteiger partial charge in [0.25, 0.3) is 0 Å². The summed E-state index contributed by atoms with van der Waals surface area (Å²) in [5.74, 6) is 2.04. The van der Waals surface area contributed by atoms with E-state index in [2.05, 4.69) is 25.8 Å². The summed E-state index contributed by atoms with van der Waals surface area (Å²) in [4.78, 5) is 22.1. The number of hydrogen-bond donors (Lipinski definition) is 2. The molecule has 0 aliphatic rings. The molecule has 0 spiro atoms. The second-order valence-corrected chi connectivity index (χ2v) is 8.34. The highest BCUT2D eigenvalue weighted by atomic mass is 127. The van der Waals surface area contributed by atoms with Crippen LogP contribution in [0.4, 0.5) is 4.79 Å². The molecule has 0 saturated heterocycles. The zero-order chi connectivity index (χ0) is 22.9. The molecule has 1 aromatic heterocycles. The Labute approximate surface area is 207 Å². The van der Waals surface area contributed by atoms with Gasteiger partial charge in [0.15, 0.2) is 11.8 Å². The largest absolute Gasteiger partial charge is 0.444 e. The number of carbonyl (C=O) groups excluding carboxylic acids is 1. The monoisotopic (exact) mass is 558 g/mol. The lowest BCUT2D eigenvalue weighted by Crippen LogP contribution is -2.37. The van der Waals surface area contributed by atoms with Crippen LogP contribution in [0, 0.1) is 6.92 Å². The van der Waals surface area contributed by atoms with Crippen molar-refractivity contribution in [2.24, 2.45) is 4.99 Å². The molecule has 1 aromatic carbocycles. The van der Waals surface area contributed by atoms with Crippen molar-refractivity contribution in [2.75, 3.05) is 20.6 Å². The van der Waals surface area contributed by atoms with E-state index >= 15 is 0 Å². The number of benzene rings is 1. The highest BCUT2D eigenvalue weighted by Crippen LogP contribution is 2.12. The Morgan fingerprint density at radius 2 is 1.84 bits per heavy atom. The fraction of sp³-hybridized carbons (Fsp3) is 0.545. The van der Waals surface area contributed by atoms with E-state index in [-0.39, 0.29) is 30.1 Å². The van der Waals surface area contributed by atoms with Gasteiger partial charge in [-0.25, -0.2) is 4.79 Å². The third-order valence-corrected chi connectivity index (χ3v) is 4.26. The fourth-order valence-electron chi connectivity index (χ4n) is 2.74. The standard InChI is InChI=1S/C22H34N6O3.HI/c1-16-26-19(31-27-16)8-7-13-24-20(23-5)25-14-17-9-11-18(12-10-17)15-28(6)21(29)30-22(2,3)4;/h9-12H,7-8,13-15H2,1-6H3,(H2,23,24,25);1H. The molecule has 0 aliphatic heterocycles. The average molecular weight is 558 g/mol. The second kappa shape index (κ2) is 13.2. The molecule has 9 nitrogen and oxygen atoms in total. The van der Waals surface area contributed by atoms with Crippen LogP contribution in [-0.2, 0) is 24.2 Å². The van der Waals surface area contributed by atoms with Gasteiger partial charge in [-0.2, -0.15) is 4.98 Å². The van der Waals surface area contributed by atoms with Crippen molar-refractivity contribution in [2.45, 2.75) is 59.2 Å². The SMILES string of the molecule is CN=C(NCCCc1nc(C)no1)NCc1ccc(CN(C)C(=O)OC(C)(C)C)cc1.I. The van der Waals surface area contributed by atoms with Crippen molar-refractivity contribution in [3.63, 3.8) is 0 Å². The number of halogens is 1. The molecule has 2 aromatic rings. The van der Waals surface area contributed by atoms with Gasteiger partial charge in [-0.1, -0.05) is 29.4 Å². The lowest BCUT2D eigenvalue weighted by Gasteiger charge is -2.24. The third kappa shape index (κ3) is 10.3. The normalized spacial score (nSPS) is 11.5. The Hall–Kier alpha value is -2.37. The minimum atomic E-state index is -0.501. The first kappa shape index (κ1) is 27.7. The average Bonchev–Trinajstić information content (AvgIpc) is 3.12. The molecule has 10 heteroatoms. The van der Waals surface area contributed by atoms with Crippen molar-refractivity contribution < 1.29 is 14.1 Å². The Morgan fingerprint density at radius 1 is 1.19 bits per heavy atom. The van der Waals surface area contributed by atoms with E-state index < -0.39 is 5.60 Å². The van der Waals surface area contributed by atoms with E-state index in [4.69, 9.17) is 9.26 Å². The van der Waals surface area contributed by atoms with Crippen LogP contribution < -0.4 is 10.6 Å². The maximum Gasteiger partial charge on any atom is 0.410 e. The third-order valence-electron chi connectivity index (χ3n) is 4.26. The molecule has 2 rings (SSSR count). The number of rotatable bonds is 8. The van der Waals surface area contributed by atoms with Crippen LogP contribution in [0.2, 0.25) is 0 Å². The minimum absolute atomic E-state index is 0. The van der Waals surface area contributed by atoms with E-state index in [9.17, 15) is 4.79 Å². The Balaban J connectivity index is 0.00000512. The Bertz CT molecular complexity index is 861. The summed E-state index contributed by atoms with van der Waals surface area (Å²) < 4.78 is 10.5. The number of guanidine groups is 1. The first-order valence-corrected chi connectivity index (χ1v) is 10.4. The molecular weight excluding hydrogens is 523 g/mol. The predicted octanol–water partition coefficient (Wildman–Crippen LogP) is 3.66. The molecule has 0 bridgehead atoms. The molecule has 0 atom stereocenters.